The topological polar surface area (TPSA) is 84.7 Å². The summed E-state index contributed by atoms with van der Waals surface area (Å²) in [5.74, 6) is -0.312. The first-order valence-electron chi connectivity index (χ1n) is 6.85. The Bertz CT molecular complexity index is 477. The van der Waals surface area contributed by atoms with Gasteiger partial charge < -0.3 is 20.7 Å². The molecule has 0 aliphatic heterocycles. The molecule has 0 aliphatic rings. The van der Waals surface area contributed by atoms with Crippen molar-refractivity contribution >= 4 is 11.8 Å². The van der Waals surface area contributed by atoms with E-state index >= 15 is 0 Å². The smallest absolute Gasteiger partial charge is 0.239 e. The molecule has 0 spiro atoms. The number of nitrogens with one attached hydrogen (secondary N) is 1. The van der Waals surface area contributed by atoms with Crippen LogP contribution >= 0.6 is 0 Å². The Morgan fingerprint density at radius 1 is 1.29 bits per heavy atom. The molecule has 6 heteroatoms. The molecule has 3 N–H and O–H groups in total. The van der Waals surface area contributed by atoms with Crippen LogP contribution in [-0.2, 0) is 27.3 Å². The van der Waals surface area contributed by atoms with E-state index in [1.54, 1.807) is 14.2 Å². The number of methoxy groups -OCH3 is 1. The number of nitrogens with zero attached hydrogens (tertiary/aromatic N) is 1. The van der Waals surface area contributed by atoms with E-state index in [9.17, 15) is 9.59 Å². The van der Waals surface area contributed by atoms with Gasteiger partial charge in [-0.1, -0.05) is 24.3 Å². The fourth-order valence-electron chi connectivity index (χ4n) is 1.88. The number of benzene rings is 1. The highest BCUT2D eigenvalue weighted by Crippen LogP contribution is 2.09. The molecule has 116 valence electrons. The van der Waals surface area contributed by atoms with Crippen LogP contribution in [0, 0.1) is 0 Å². The summed E-state index contributed by atoms with van der Waals surface area (Å²) in [4.78, 5) is 25.2. The van der Waals surface area contributed by atoms with E-state index in [2.05, 4.69) is 5.32 Å². The predicted octanol–water partition coefficient (Wildman–Crippen LogP) is -0.0912. The lowest BCUT2D eigenvalue weighted by Crippen LogP contribution is -2.40. The van der Waals surface area contributed by atoms with Crippen molar-refractivity contribution in [3.8, 4) is 0 Å². The van der Waals surface area contributed by atoms with Crippen LogP contribution in [-0.4, -0.2) is 50.6 Å². The van der Waals surface area contributed by atoms with Gasteiger partial charge in [0.15, 0.2) is 0 Å². The molecule has 21 heavy (non-hydrogen) atoms. The Kier molecular flexibility index (Phi) is 7.42. The minimum absolute atomic E-state index is 0.0351. The minimum atomic E-state index is -0.199. The second kappa shape index (κ2) is 9.10. The molecule has 0 atom stereocenters. The van der Waals surface area contributed by atoms with Crippen molar-refractivity contribution in [3.05, 3.63) is 35.4 Å². The molecule has 0 saturated carbocycles. The number of ether oxygens (including phenoxy) is 1. The van der Waals surface area contributed by atoms with Gasteiger partial charge in [-0.3, -0.25) is 9.59 Å². The van der Waals surface area contributed by atoms with Crippen LogP contribution in [0.2, 0.25) is 0 Å². The van der Waals surface area contributed by atoms with Crippen molar-refractivity contribution in [1.82, 2.24) is 10.2 Å². The normalized spacial score (nSPS) is 10.2. The molecule has 1 rings (SSSR count). The molecule has 0 unspecified atom stereocenters. The summed E-state index contributed by atoms with van der Waals surface area (Å²) in [6.07, 6.45) is 0.245. The highest BCUT2D eigenvalue weighted by molar-refractivity contribution is 5.85. The second-order valence-corrected chi connectivity index (χ2v) is 4.74. The molecule has 0 aromatic heterocycles. The van der Waals surface area contributed by atoms with Crippen LogP contribution < -0.4 is 11.1 Å². The molecular weight excluding hydrogens is 270 g/mol. The van der Waals surface area contributed by atoms with Crippen LogP contribution in [0.25, 0.3) is 0 Å². The van der Waals surface area contributed by atoms with Gasteiger partial charge in [-0.15, -0.1) is 0 Å². The maximum absolute atomic E-state index is 12.1. The fourth-order valence-corrected chi connectivity index (χ4v) is 1.88. The molecule has 0 saturated heterocycles. The van der Waals surface area contributed by atoms with Crippen molar-refractivity contribution < 1.29 is 14.3 Å². The number of carbonyl (C=O) groups is 2. The number of likely N-dealkylation sites (N-methyl/N-ethyl adjacent to an activating group) is 1. The number of nitrogens with two attached hydrogens (primary N) is 1. The summed E-state index contributed by atoms with van der Waals surface area (Å²) in [5, 5.41) is 2.68. The second-order valence-electron chi connectivity index (χ2n) is 4.74. The number of hydrogen-bond donors (Lipinski definition) is 2. The summed E-state index contributed by atoms with van der Waals surface area (Å²) in [6.45, 7) is 1.32. The largest absolute Gasteiger partial charge is 0.383 e. The van der Waals surface area contributed by atoms with Gasteiger partial charge in [0.1, 0.15) is 0 Å². The predicted molar refractivity (Wildman–Crippen MR) is 80.6 cm³/mol. The number of rotatable bonds is 8. The molecule has 0 radical (unpaired) electrons. The zero-order chi connectivity index (χ0) is 15.7. The lowest BCUT2D eigenvalue weighted by Gasteiger charge is -2.17. The zero-order valence-electron chi connectivity index (χ0n) is 12.6. The van der Waals surface area contributed by atoms with Crippen molar-refractivity contribution in [2.24, 2.45) is 5.73 Å². The lowest BCUT2D eigenvalue weighted by atomic mass is 10.0. The lowest BCUT2D eigenvalue weighted by molar-refractivity contribution is -0.134. The molecule has 2 amide bonds. The third-order valence-electron chi connectivity index (χ3n) is 3.11. The van der Waals surface area contributed by atoms with Crippen LogP contribution in [0.3, 0.4) is 0 Å². The highest BCUT2D eigenvalue weighted by Gasteiger charge is 2.14. The standard InChI is InChI=1S/C15H23N3O3/c1-18(11-14(19)17-7-8-21-2)15(20)9-12-5-3-4-6-13(12)10-16/h3-6H,7-11,16H2,1-2H3,(H,17,19). The highest BCUT2D eigenvalue weighted by atomic mass is 16.5. The third kappa shape index (κ3) is 5.93. The van der Waals surface area contributed by atoms with Gasteiger partial charge in [0, 0.05) is 27.2 Å². The van der Waals surface area contributed by atoms with E-state index in [4.69, 9.17) is 10.5 Å². The summed E-state index contributed by atoms with van der Waals surface area (Å²) in [5.41, 5.74) is 7.50. The first-order chi connectivity index (χ1) is 10.1. The monoisotopic (exact) mass is 293 g/mol. The number of carbonyl (C=O) groups excluding carboxylic acids is 2. The third-order valence-corrected chi connectivity index (χ3v) is 3.11. The molecule has 6 nitrogen and oxygen atoms in total. The zero-order valence-corrected chi connectivity index (χ0v) is 12.6. The summed E-state index contributed by atoms with van der Waals surface area (Å²) in [7, 11) is 3.18. The summed E-state index contributed by atoms with van der Waals surface area (Å²) in [6, 6.07) is 7.55. The molecule has 0 heterocycles. The van der Waals surface area contributed by atoms with E-state index in [1.165, 1.54) is 4.90 Å². The summed E-state index contributed by atoms with van der Waals surface area (Å²) >= 11 is 0. The minimum Gasteiger partial charge on any atom is -0.383 e. The van der Waals surface area contributed by atoms with Gasteiger partial charge in [-0.05, 0) is 11.1 Å². The first-order valence-corrected chi connectivity index (χ1v) is 6.85. The van der Waals surface area contributed by atoms with Crippen LogP contribution in [0.5, 0.6) is 0 Å². The number of hydrogen-bond acceptors (Lipinski definition) is 4. The Labute approximate surface area is 125 Å². The van der Waals surface area contributed by atoms with Gasteiger partial charge in [-0.25, -0.2) is 0 Å². The van der Waals surface area contributed by atoms with Crippen LogP contribution in [0.4, 0.5) is 0 Å². The maximum Gasteiger partial charge on any atom is 0.239 e. The van der Waals surface area contributed by atoms with Crippen molar-refractivity contribution in [3.63, 3.8) is 0 Å². The van der Waals surface area contributed by atoms with Crippen molar-refractivity contribution in [1.29, 1.82) is 0 Å². The Hall–Kier alpha value is -1.92. The van der Waals surface area contributed by atoms with Gasteiger partial charge in [0.2, 0.25) is 11.8 Å². The average Bonchev–Trinajstić information content (AvgIpc) is 2.48. The molecule has 0 aliphatic carbocycles. The van der Waals surface area contributed by atoms with E-state index in [0.717, 1.165) is 11.1 Å². The van der Waals surface area contributed by atoms with Gasteiger partial charge in [0.25, 0.3) is 0 Å². The maximum atomic E-state index is 12.1. The summed E-state index contributed by atoms with van der Waals surface area (Å²) < 4.78 is 4.84. The van der Waals surface area contributed by atoms with Crippen molar-refractivity contribution in [2.75, 3.05) is 33.9 Å². The van der Waals surface area contributed by atoms with Crippen molar-refractivity contribution in [2.45, 2.75) is 13.0 Å². The van der Waals surface area contributed by atoms with Gasteiger partial charge in [-0.2, -0.15) is 0 Å². The molecule has 1 aromatic rings. The average molecular weight is 293 g/mol. The van der Waals surface area contributed by atoms with E-state index in [1.807, 2.05) is 24.3 Å². The van der Waals surface area contributed by atoms with Gasteiger partial charge in [0.05, 0.1) is 19.6 Å². The molecule has 0 fully saturated rings. The Morgan fingerprint density at radius 2 is 1.95 bits per heavy atom. The fraction of sp³-hybridized carbons (Fsp3) is 0.467. The van der Waals surface area contributed by atoms with E-state index < -0.39 is 0 Å². The van der Waals surface area contributed by atoms with Crippen LogP contribution in [0.1, 0.15) is 11.1 Å². The van der Waals surface area contributed by atoms with Gasteiger partial charge >= 0.3 is 0 Å². The molecular formula is C15H23N3O3. The molecule has 1 aromatic carbocycles. The SMILES string of the molecule is COCCNC(=O)CN(C)C(=O)Cc1ccccc1CN. The van der Waals surface area contributed by atoms with Crippen LogP contribution in [0.15, 0.2) is 24.3 Å². The Balaban J connectivity index is 2.49. The van der Waals surface area contributed by atoms with E-state index in [-0.39, 0.29) is 24.8 Å². The quantitative estimate of drug-likeness (QED) is 0.656. The van der Waals surface area contributed by atoms with E-state index in [0.29, 0.717) is 19.7 Å². The Morgan fingerprint density at radius 3 is 2.57 bits per heavy atom. The number of amides is 2. The first kappa shape index (κ1) is 17.1. The molecule has 0 bridgehead atoms.